The number of rotatable bonds is 4. The molecular weight excluding hydrogens is 290 g/mol. The van der Waals surface area contributed by atoms with Gasteiger partial charge >= 0.3 is 6.18 Å². The first-order chi connectivity index (χ1) is 9.12. The van der Waals surface area contributed by atoms with Gasteiger partial charge < -0.3 is 14.6 Å². The van der Waals surface area contributed by atoms with Crippen LogP contribution in [-0.4, -0.2) is 27.0 Å². The smallest absolute Gasteiger partial charge is 0.420 e. The van der Waals surface area contributed by atoms with Gasteiger partial charge in [-0.2, -0.15) is 13.2 Å². The van der Waals surface area contributed by atoms with Crippen LogP contribution in [0.15, 0.2) is 12.1 Å². The molecule has 20 heavy (non-hydrogen) atoms. The molecule has 0 heterocycles. The Morgan fingerprint density at radius 3 is 2.40 bits per heavy atom. The fraction of sp³-hybridized carbons (Fsp3) is 0.385. The Balaban J connectivity index is 3.61. The van der Waals surface area contributed by atoms with E-state index < -0.39 is 24.6 Å². The van der Waals surface area contributed by atoms with Gasteiger partial charge in [-0.3, -0.25) is 0 Å². The monoisotopic (exact) mass is 305 g/mol. The number of benzene rings is 1. The number of alkyl halides is 3. The van der Waals surface area contributed by atoms with Crippen LogP contribution >= 0.6 is 7.14 Å². The van der Waals surface area contributed by atoms with E-state index in [1.54, 1.807) is 0 Å². The number of hydrogen-bond acceptors (Lipinski definition) is 3. The third-order valence-electron chi connectivity index (χ3n) is 2.58. The summed E-state index contributed by atoms with van der Waals surface area (Å²) in [6, 6.07) is 2.59. The second-order valence-electron chi connectivity index (χ2n) is 4.45. The molecule has 1 N–H and O–H groups in total. The maximum atomic E-state index is 13.3. The zero-order chi connectivity index (χ0) is 15.6. The molecule has 0 saturated carbocycles. The zero-order valence-corrected chi connectivity index (χ0v) is 12.2. The molecule has 0 fully saturated rings. The first kappa shape index (κ1) is 16.5. The third-order valence-corrected chi connectivity index (χ3v) is 4.12. The lowest BCUT2D eigenvalue weighted by Crippen LogP contribution is -2.22. The van der Waals surface area contributed by atoms with Crippen LogP contribution in [0.3, 0.4) is 0 Å². The molecule has 7 heteroatoms. The molecule has 0 aliphatic heterocycles. The summed E-state index contributed by atoms with van der Waals surface area (Å²) >= 11 is 0. The van der Waals surface area contributed by atoms with Crippen molar-refractivity contribution in [1.29, 1.82) is 0 Å². The minimum Gasteiger partial charge on any atom is -0.494 e. The van der Waals surface area contributed by atoms with Crippen molar-refractivity contribution in [3.8, 4) is 18.1 Å². The Kier molecular flexibility index (Phi) is 4.77. The number of anilines is 1. The van der Waals surface area contributed by atoms with Gasteiger partial charge in [0.2, 0.25) is 0 Å². The van der Waals surface area contributed by atoms with Crippen molar-refractivity contribution in [2.45, 2.75) is 6.18 Å². The molecular formula is C13H15F3NO2P. The summed E-state index contributed by atoms with van der Waals surface area (Å²) in [5, 5.41) is 2.40. The Morgan fingerprint density at radius 1 is 1.40 bits per heavy atom. The van der Waals surface area contributed by atoms with E-state index in [4.69, 9.17) is 11.2 Å². The number of terminal acetylenes is 1. The van der Waals surface area contributed by atoms with E-state index in [1.165, 1.54) is 25.5 Å². The van der Waals surface area contributed by atoms with Crippen LogP contribution in [0.5, 0.6) is 5.75 Å². The molecule has 0 aliphatic carbocycles. The second-order valence-corrected chi connectivity index (χ2v) is 7.63. The molecule has 0 amide bonds. The zero-order valence-electron chi connectivity index (χ0n) is 11.3. The van der Waals surface area contributed by atoms with Gasteiger partial charge in [-0.05, 0) is 25.5 Å². The van der Waals surface area contributed by atoms with Crippen LogP contribution in [0.25, 0.3) is 0 Å². The molecule has 1 aromatic carbocycles. The van der Waals surface area contributed by atoms with E-state index in [-0.39, 0.29) is 17.5 Å². The quantitative estimate of drug-likeness (QED) is 0.686. The van der Waals surface area contributed by atoms with Crippen molar-refractivity contribution < 1.29 is 22.5 Å². The number of halogens is 3. The van der Waals surface area contributed by atoms with Crippen molar-refractivity contribution in [2.24, 2.45) is 0 Å². The van der Waals surface area contributed by atoms with Crippen LogP contribution in [0, 0.1) is 12.3 Å². The predicted octanol–water partition coefficient (Wildman–Crippen LogP) is 3.01. The molecule has 1 rings (SSSR count). The maximum Gasteiger partial charge on any atom is 0.420 e. The summed E-state index contributed by atoms with van der Waals surface area (Å²) in [5.74, 6) is 1.87. The number of methoxy groups -OCH3 is 1. The highest BCUT2D eigenvalue weighted by Gasteiger charge is 2.40. The van der Waals surface area contributed by atoms with Gasteiger partial charge in [-0.25, -0.2) is 0 Å². The largest absolute Gasteiger partial charge is 0.494 e. The topological polar surface area (TPSA) is 38.3 Å². The average molecular weight is 305 g/mol. The molecule has 0 saturated heterocycles. The van der Waals surface area contributed by atoms with E-state index in [9.17, 15) is 17.7 Å². The second kappa shape index (κ2) is 5.80. The summed E-state index contributed by atoms with van der Waals surface area (Å²) in [4.78, 5) is 0. The van der Waals surface area contributed by atoms with E-state index in [1.807, 2.05) is 0 Å². The van der Waals surface area contributed by atoms with Gasteiger partial charge in [0.25, 0.3) is 0 Å². The third kappa shape index (κ3) is 3.49. The molecule has 0 aromatic heterocycles. The standard InChI is InChI=1S/C13H15F3NO2P/c1-5-8-17-9-6-7-10(20(3,4)18)11(12(9)19-2)13(14,15)16/h1,6-7,17H,8H2,2-4H3. The highest BCUT2D eigenvalue weighted by Crippen LogP contribution is 2.46. The van der Waals surface area contributed by atoms with Gasteiger partial charge in [0.05, 0.1) is 19.3 Å². The van der Waals surface area contributed by atoms with Crippen molar-refractivity contribution in [2.75, 3.05) is 32.3 Å². The van der Waals surface area contributed by atoms with Gasteiger partial charge in [0.1, 0.15) is 12.7 Å². The Morgan fingerprint density at radius 2 is 2.00 bits per heavy atom. The molecule has 0 atom stereocenters. The molecule has 0 aliphatic rings. The summed E-state index contributed by atoms with van der Waals surface area (Å²) < 4.78 is 56.7. The first-order valence-electron chi connectivity index (χ1n) is 5.64. The summed E-state index contributed by atoms with van der Waals surface area (Å²) in [6.45, 7) is 2.63. The lowest BCUT2D eigenvalue weighted by Gasteiger charge is -2.21. The SMILES string of the molecule is C#CCNc1ccc(P(C)(C)=O)c(C(F)(F)F)c1OC. The normalized spacial score (nSPS) is 11.8. The summed E-state index contributed by atoms with van der Waals surface area (Å²) in [7, 11) is -1.98. The highest BCUT2D eigenvalue weighted by molar-refractivity contribution is 7.70. The fourth-order valence-electron chi connectivity index (χ4n) is 1.79. The number of ether oxygens (including phenoxy) is 1. The van der Waals surface area contributed by atoms with Crippen molar-refractivity contribution in [1.82, 2.24) is 0 Å². The van der Waals surface area contributed by atoms with Crippen LogP contribution in [0.2, 0.25) is 0 Å². The van der Waals surface area contributed by atoms with Crippen molar-refractivity contribution in [3.63, 3.8) is 0 Å². The molecule has 1 aromatic rings. The minimum absolute atomic E-state index is 0.0584. The van der Waals surface area contributed by atoms with Gasteiger partial charge in [-0.15, -0.1) is 6.42 Å². The Hall–Kier alpha value is -1.60. The maximum absolute atomic E-state index is 13.3. The van der Waals surface area contributed by atoms with E-state index in [0.29, 0.717) is 0 Å². The molecule has 0 radical (unpaired) electrons. The lowest BCUT2D eigenvalue weighted by molar-refractivity contribution is -0.137. The van der Waals surface area contributed by atoms with Gasteiger partial charge in [-0.1, -0.05) is 5.92 Å². The van der Waals surface area contributed by atoms with E-state index >= 15 is 0 Å². The first-order valence-corrected chi connectivity index (χ1v) is 8.24. The Labute approximate surface area is 115 Å². The van der Waals surface area contributed by atoms with Gasteiger partial charge in [0, 0.05) is 5.30 Å². The van der Waals surface area contributed by atoms with Crippen LogP contribution in [0.4, 0.5) is 18.9 Å². The summed E-state index contributed by atoms with van der Waals surface area (Å²) in [5.41, 5.74) is -0.898. The van der Waals surface area contributed by atoms with Crippen molar-refractivity contribution >= 4 is 18.1 Å². The highest BCUT2D eigenvalue weighted by atomic mass is 31.2. The molecule has 3 nitrogen and oxygen atoms in total. The van der Waals surface area contributed by atoms with Gasteiger partial charge in [0.15, 0.2) is 5.75 Å². The van der Waals surface area contributed by atoms with Crippen LogP contribution in [-0.2, 0) is 10.7 Å². The van der Waals surface area contributed by atoms with Crippen LogP contribution in [0.1, 0.15) is 5.56 Å². The van der Waals surface area contributed by atoms with E-state index in [2.05, 4.69) is 11.2 Å². The molecule has 0 bridgehead atoms. The minimum atomic E-state index is -4.67. The predicted molar refractivity (Wildman–Crippen MR) is 74.4 cm³/mol. The Bertz CT molecular complexity index is 585. The van der Waals surface area contributed by atoms with E-state index in [0.717, 1.165) is 7.11 Å². The summed E-state index contributed by atoms with van der Waals surface area (Å²) in [6.07, 6.45) is 0.400. The number of nitrogens with one attached hydrogen (secondary N) is 1. The fourth-order valence-corrected chi connectivity index (χ4v) is 2.99. The molecule has 0 unspecified atom stereocenters. The lowest BCUT2D eigenvalue weighted by atomic mass is 10.1. The molecule has 110 valence electrons. The average Bonchev–Trinajstić information content (AvgIpc) is 2.32. The molecule has 0 spiro atoms. The van der Waals surface area contributed by atoms with Crippen molar-refractivity contribution in [3.05, 3.63) is 17.7 Å². The number of hydrogen-bond donors (Lipinski definition) is 1. The van der Waals surface area contributed by atoms with Crippen LogP contribution < -0.4 is 15.4 Å².